The van der Waals surface area contributed by atoms with Crippen molar-refractivity contribution in [1.29, 1.82) is 0 Å². The molecule has 0 spiro atoms. The minimum atomic E-state index is -1.95. The Balaban J connectivity index is 5.88. The zero-order valence-corrected chi connectivity index (χ0v) is 17.2. The van der Waals surface area contributed by atoms with Crippen LogP contribution in [0, 0.1) is 0 Å². The molecule has 0 atom stereocenters. The van der Waals surface area contributed by atoms with Crippen LogP contribution >= 0.6 is 15.9 Å². The van der Waals surface area contributed by atoms with Gasteiger partial charge in [-0.3, -0.25) is 0 Å². The third-order valence-corrected chi connectivity index (χ3v) is 31.5. The topological polar surface area (TPSA) is 27.7 Å². The minimum Gasteiger partial charge on any atom is -0.419 e. The molecule has 0 aliphatic heterocycles. The smallest absolute Gasteiger partial charge is 0.202 e. The first-order chi connectivity index (χ1) is 7.43. The highest BCUT2D eigenvalue weighted by molar-refractivity contribution is 9.11. The summed E-state index contributed by atoms with van der Waals surface area (Å²) in [7, 11) is -0.437. The van der Waals surface area contributed by atoms with E-state index in [4.69, 9.17) is 13.3 Å². The average molecular weight is 359 g/mol. The summed E-state index contributed by atoms with van der Waals surface area (Å²) in [5, 5.41) is 0. The molecule has 7 heteroatoms. The number of alkyl halides is 1. The van der Waals surface area contributed by atoms with E-state index >= 15 is 0 Å². The molecule has 17 heavy (non-hydrogen) atoms. The highest BCUT2D eigenvalue weighted by Crippen LogP contribution is 2.46. The maximum absolute atomic E-state index is 5.88. The van der Waals surface area contributed by atoms with Crippen LogP contribution in [-0.4, -0.2) is 49.5 Å². The zero-order valence-electron chi connectivity index (χ0n) is 12.6. The van der Waals surface area contributed by atoms with E-state index < -0.39 is 25.0 Å². The molecule has 0 fully saturated rings. The second kappa shape index (κ2) is 5.56. The second-order valence-corrected chi connectivity index (χ2v) is 23.2. The van der Waals surface area contributed by atoms with Crippen LogP contribution < -0.4 is 0 Å². The predicted molar refractivity (Wildman–Crippen MR) is 85.1 cm³/mol. The SMILES string of the molecule is CO[Si](C)(C)C(Br)([Si](C)(C)OC)[Si](C)(C)OC. The quantitative estimate of drug-likeness (QED) is 0.538. The molecule has 0 N–H and O–H groups in total. The van der Waals surface area contributed by atoms with E-state index in [1.165, 1.54) is 0 Å². The predicted octanol–water partition coefficient (Wildman–Crippen LogP) is 3.29. The van der Waals surface area contributed by atoms with E-state index in [1.54, 1.807) is 0 Å². The summed E-state index contributed by atoms with van der Waals surface area (Å²) in [5.41, 5.74) is 0. The lowest BCUT2D eigenvalue weighted by Crippen LogP contribution is -2.78. The van der Waals surface area contributed by atoms with Gasteiger partial charge in [-0.15, -0.1) is 0 Å². The van der Waals surface area contributed by atoms with Crippen molar-refractivity contribution < 1.29 is 13.3 Å². The molecule has 0 aromatic carbocycles. The maximum atomic E-state index is 5.88. The van der Waals surface area contributed by atoms with E-state index in [1.807, 2.05) is 21.3 Å². The van der Waals surface area contributed by atoms with Gasteiger partial charge in [0.2, 0.25) is 25.0 Å². The second-order valence-electron chi connectivity index (χ2n) is 5.80. The Hall–Kier alpha value is 1.01. The normalized spacial score (nSPS) is 15.2. The van der Waals surface area contributed by atoms with Crippen LogP contribution in [0.1, 0.15) is 0 Å². The van der Waals surface area contributed by atoms with Crippen molar-refractivity contribution in [1.82, 2.24) is 0 Å². The molecule has 0 saturated carbocycles. The fourth-order valence-electron chi connectivity index (χ4n) is 2.60. The summed E-state index contributed by atoms with van der Waals surface area (Å²) >= 11 is 4.04. The fraction of sp³-hybridized carbons (Fsp3) is 1.00. The van der Waals surface area contributed by atoms with E-state index in [2.05, 4.69) is 55.2 Å². The molecule has 0 radical (unpaired) electrons. The van der Waals surface area contributed by atoms with Crippen molar-refractivity contribution in [2.24, 2.45) is 0 Å². The Morgan fingerprint density at radius 3 is 0.941 bits per heavy atom. The van der Waals surface area contributed by atoms with Gasteiger partial charge in [0, 0.05) is 21.3 Å². The Kier molecular flexibility index (Phi) is 5.89. The van der Waals surface area contributed by atoms with Crippen LogP contribution in [-0.2, 0) is 13.3 Å². The summed E-state index contributed by atoms with van der Waals surface area (Å²) in [5.74, 6) is 0. The van der Waals surface area contributed by atoms with Crippen LogP contribution in [0.4, 0.5) is 0 Å². The third-order valence-electron chi connectivity index (χ3n) is 4.02. The van der Waals surface area contributed by atoms with Gasteiger partial charge in [-0.2, -0.15) is 0 Å². The largest absolute Gasteiger partial charge is 0.419 e. The van der Waals surface area contributed by atoms with E-state index in [9.17, 15) is 0 Å². The molecule has 0 aromatic rings. The molecule has 0 unspecified atom stereocenters. The number of halogens is 1. The number of hydrogen-bond donors (Lipinski definition) is 0. The Labute approximate surface area is 118 Å². The van der Waals surface area contributed by atoms with Gasteiger partial charge in [0.15, 0.2) is 0 Å². The van der Waals surface area contributed by atoms with Gasteiger partial charge < -0.3 is 13.3 Å². The summed E-state index contributed by atoms with van der Waals surface area (Å²) in [6.07, 6.45) is 0. The first-order valence-electron chi connectivity index (χ1n) is 5.78. The van der Waals surface area contributed by atoms with Crippen molar-refractivity contribution in [2.45, 2.75) is 42.5 Å². The molecule has 104 valence electrons. The third kappa shape index (κ3) is 2.80. The fourth-order valence-corrected chi connectivity index (χ4v) is 24.1. The minimum absolute atomic E-state index is 0.0990. The van der Waals surface area contributed by atoms with Crippen molar-refractivity contribution >= 4 is 40.9 Å². The van der Waals surface area contributed by atoms with Crippen LogP contribution in [0.15, 0.2) is 0 Å². The lowest BCUT2D eigenvalue weighted by molar-refractivity contribution is 0.358. The highest BCUT2D eigenvalue weighted by atomic mass is 79.9. The Morgan fingerprint density at radius 1 is 0.647 bits per heavy atom. The van der Waals surface area contributed by atoms with Gasteiger partial charge in [0.25, 0.3) is 0 Å². The molecular formula is C10H27BrO3Si3. The summed E-state index contributed by atoms with van der Waals surface area (Å²) in [4.78, 5) is 0. The van der Waals surface area contributed by atoms with Crippen molar-refractivity contribution in [3.63, 3.8) is 0 Å². The molecule has 0 heterocycles. The van der Waals surface area contributed by atoms with Gasteiger partial charge in [-0.05, 0) is 39.3 Å². The Bertz CT molecular complexity index is 229. The standard InChI is InChI=1S/C10H27BrO3Si3/c1-12-15(4,5)10(11,16(6,7)13-2)17(8,9)14-3/h1-9H3. The molecule has 0 aliphatic rings. The van der Waals surface area contributed by atoms with Gasteiger partial charge in [0.1, 0.15) is 0 Å². The molecular weight excluding hydrogens is 332 g/mol. The van der Waals surface area contributed by atoms with Crippen molar-refractivity contribution in [3.8, 4) is 0 Å². The maximum Gasteiger partial charge on any atom is 0.202 e. The molecule has 0 bridgehead atoms. The molecule has 0 saturated heterocycles. The van der Waals surface area contributed by atoms with Crippen LogP contribution in [0.3, 0.4) is 0 Å². The summed E-state index contributed by atoms with van der Waals surface area (Å²) in [6.45, 7) is 13.4. The van der Waals surface area contributed by atoms with Gasteiger partial charge in [0.05, 0.1) is 3.19 Å². The average Bonchev–Trinajstić information content (AvgIpc) is 2.27. The summed E-state index contributed by atoms with van der Waals surface area (Å²) < 4.78 is 17.5. The Morgan fingerprint density at radius 2 is 0.824 bits per heavy atom. The molecule has 0 rings (SSSR count). The van der Waals surface area contributed by atoms with Gasteiger partial charge in [-0.25, -0.2) is 0 Å². The lowest BCUT2D eigenvalue weighted by Gasteiger charge is -2.54. The van der Waals surface area contributed by atoms with E-state index in [0.717, 1.165) is 0 Å². The molecule has 0 amide bonds. The number of rotatable bonds is 6. The van der Waals surface area contributed by atoms with E-state index in [-0.39, 0.29) is 3.19 Å². The van der Waals surface area contributed by atoms with Gasteiger partial charge >= 0.3 is 0 Å². The first-order valence-corrected chi connectivity index (χ1v) is 15.3. The van der Waals surface area contributed by atoms with Crippen molar-refractivity contribution in [2.75, 3.05) is 21.3 Å². The van der Waals surface area contributed by atoms with Crippen LogP contribution in [0.2, 0.25) is 39.3 Å². The lowest BCUT2D eigenvalue weighted by atomic mass is 11.7. The monoisotopic (exact) mass is 358 g/mol. The molecule has 0 aromatic heterocycles. The molecule has 0 aliphatic carbocycles. The van der Waals surface area contributed by atoms with E-state index in [0.29, 0.717) is 0 Å². The first kappa shape index (κ1) is 18.0. The highest BCUT2D eigenvalue weighted by Gasteiger charge is 2.67. The van der Waals surface area contributed by atoms with Crippen LogP contribution in [0.25, 0.3) is 0 Å². The number of hydrogen-bond acceptors (Lipinski definition) is 3. The van der Waals surface area contributed by atoms with Gasteiger partial charge in [-0.1, -0.05) is 15.9 Å². The molecule has 3 nitrogen and oxygen atoms in total. The van der Waals surface area contributed by atoms with Crippen LogP contribution in [0.5, 0.6) is 0 Å². The van der Waals surface area contributed by atoms with Crippen molar-refractivity contribution in [3.05, 3.63) is 0 Å². The zero-order chi connectivity index (χ0) is 14.1. The summed E-state index contributed by atoms with van der Waals surface area (Å²) in [6, 6.07) is 0.